The second-order valence-corrected chi connectivity index (χ2v) is 6.91. The van der Waals surface area contributed by atoms with Crippen LogP contribution in [0, 0.1) is 0 Å². The van der Waals surface area contributed by atoms with Crippen LogP contribution in [0.1, 0.15) is 41.1 Å². The van der Waals surface area contributed by atoms with E-state index in [9.17, 15) is 14.7 Å². The summed E-state index contributed by atoms with van der Waals surface area (Å²) in [7, 11) is 1.36. The minimum absolute atomic E-state index is 0.0240. The Kier molecular flexibility index (Phi) is 5.03. The first-order valence-electron chi connectivity index (χ1n) is 9.35. The van der Waals surface area contributed by atoms with Crippen molar-refractivity contribution in [1.29, 1.82) is 0 Å². The highest BCUT2D eigenvalue weighted by Crippen LogP contribution is 2.44. The van der Waals surface area contributed by atoms with Crippen LogP contribution in [-0.2, 0) is 0 Å². The standard InChI is InChI=1S/C22H20N2O5/c1-28-20-17(21(25)26)12-14-10-11-16(13-6-5-7-13)19(18(14)24-20)29-22(27)23-15-8-3-2-4-9-15/h2-4,8-13H,5-7H2,1H3,(H,23,27)(H,25,26). The lowest BCUT2D eigenvalue weighted by atomic mass is 9.79. The Morgan fingerprint density at radius 1 is 1.14 bits per heavy atom. The number of hydrogen-bond acceptors (Lipinski definition) is 5. The zero-order valence-electron chi connectivity index (χ0n) is 15.8. The number of nitrogens with zero attached hydrogens (tertiary/aromatic N) is 1. The predicted octanol–water partition coefficient (Wildman–Crippen LogP) is 4.82. The van der Waals surface area contributed by atoms with Gasteiger partial charge >= 0.3 is 12.1 Å². The monoisotopic (exact) mass is 392 g/mol. The van der Waals surface area contributed by atoms with Crippen LogP contribution in [-0.4, -0.2) is 29.3 Å². The fourth-order valence-electron chi connectivity index (χ4n) is 3.43. The van der Waals surface area contributed by atoms with Crippen LogP contribution in [0.15, 0.2) is 48.5 Å². The van der Waals surface area contributed by atoms with E-state index in [4.69, 9.17) is 9.47 Å². The summed E-state index contributed by atoms with van der Waals surface area (Å²) in [5.41, 5.74) is 1.86. The van der Waals surface area contributed by atoms with Gasteiger partial charge in [-0.1, -0.05) is 36.8 Å². The molecule has 0 atom stereocenters. The van der Waals surface area contributed by atoms with Gasteiger partial charge in [0.15, 0.2) is 5.75 Å². The highest BCUT2D eigenvalue weighted by molar-refractivity contribution is 5.98. The number of aromatic nitrogens is 1. The van der Waals surface area contributed by atoms with Crippen LogP contribution in [0.2, 0.25) is 0 Å². The van der Waals surface area contributed by atoms with Gasteiger partial charge in [0.25, 0.3) is 0 Å². The molecule has 0 spiro atoms. The summed E-state index contributed by atoms with van der Waals surface area (Å²) >= 11 is 0. The largest absolute Gasteiger partial charge is 0.480 e. The number of carboxylic acid groups (broad SMARTS) is 1. The topological polar surface area (TPSA) is 97.8 Å². The average Bonchev–Trinajstić information content (AvgIpc) is 2.68. The molecular weight excluding hydrogens is 372 g/mol. The average molecular weight is 392 g/mol. The highest BCUT2D eigenvalue weighted by atomic mass is 16.6. The Hall–Kier alpha value is -3.61. The van der Waals surface area contributed by atoms with Crippen LogP contribution in [0.25, 0.3) is 10.9 Å². The lowest BCUT2D eigenvalue weighted by Gasteiger charge is -2.28. The summed E-state index contributed by atoms with van der Waals surface area (Å²) in [4.78, 5) is 28.4. The summed E-state index contributed by atoms with van der Waals surface area (Å²) in [6.07, 6.45) is 2.50. The van der Waals surface area contributed by atoms with Gasteiger partial charge < -0.3 is 14.6 Å². The Balaban J connectivity index is 1.78. The third-order valence-electron chi connectivity index (χ3n) is 5.12. The van der Waals surface area contributed by atoms with E-state index < -0.39 is 12.1 Å². The lowest BCUT2D eigenvalue weighted by Crippen LogP contribution is -2.19. The van der Waals surface area contributed by atoms with Crippen LogP contribution < -0.4 is 14.8 Å². The van der Waals surface area contributed by atoms with Gasteiger partial charge in [0.2, 0.25) is 5.88 Å². The third-order valence-corrected chi connectivity index (χ3v) is 5.12. The molecule has 148 valence electrons. The number of pyridine rings is 1. The zero-order valence-corrected chi connectivity index (χ0v) is 15.8. The number of carbonyl (C=O) groups excluding carboxylic acids is 1. The molecule has 1 fully saturated rings. The molecule has 1 saturated carbocycles. The minimum atomic E-state index is -1.14. The molecule has 3 aromatic rings. The van der Waals surface area contributed by atoms with E-state index in [1.165, 1.54) is 13.2 Å². The van der Waals surface area contributed by atoms with Crippen molar-refractivity contribution in [3.8, 4) is 11.6 Å². The molecule has 29 heavy (non-hydrogen) atoms. The van der Waals surface area contributed by atoms with Crippen molar-refractivity contribution in [2.45, 2.75) is 25.2 Å². The van der Waals surface area contributed by atoms with Gasteiger partial charge in [0.1, 0.15) is 11.1 Å². The maximum Gasteiger partial charge on any atom is 0.417 e. The predicted molar refractivity (Wildman–Crippen MR) is 108 cm³/mol. The van der Waals surface area contributed by atoms with Gasteiger partial charge in [-0.2, -0.15) is 0 Å². The number of hydrogen-bond donors (Lipinski definition) is 2. The maximum atomic E-state index is 12.5. The Labute approximate surface area is 167 Å². The normalized spacial score (nSPS) is 13.6. The Morgan fingerprint density at radius 3 is 2.52 bits per heavy atom. The first kappa shape index (κ1) is 18.7. The number of amides is 1. The molecule has 7 heteroatoms. The summed E-state index contributed by atoms with van der Waals surface area (Å²) < 4.78 is 10.9. The van der Waals surface area contributed by atoms with Crippen molar-refractivity contribution in [3.05, 3.63) is 59.7 Å². The first-order valence-corrected chi connectivity index (χ1v) is 9.35. The quantitative estimate of drug-likeness (QED) is 0.646. The van der Waals surface area contributed by atoms with Crippen LogP contribution in [0.4, 0.5) is 10.5 Å². The number of fused-ring (bicyclic) bond motifs is 1. The summed E-state index contributed by atoms with van der Waals surface area (Å²) in [5.74, 6) is -0.533. The third kappa shape index (κ3) is 3.71. The molecule has 1 aliphatic carbocycles. The van der Waals surface area contributed by atoms with E-state index in [-0.39, 0.29) is 17.4 Å². The SMILES string of the molecule is COc1nc2c(OC(=O)Nc3ccccc3)c(C3CCC3)ccc2cc1C(=O)O. The van der Waals surface area contributed by atoms with Crippen LogP contribution >= 0.6 is 0 Å². The lowest BCUT2D eigenvalue weighted by molar-refractivity contribution is 0.0692. The zero-order chi connectivity index (χ0) is 20.4. The van der Waals surface area contributed by atoms with Crippen molar-refractivity contribution >= 4 is 28.7 Å². The number of nitrogens with one attached hydrogen (secondary N) is 1. The molecule has 0 bridgehead atoms. The molecule has 0 unspecified atom stereocenters. The molecule has 0 radical (unpaired) electrons. The number of anilines is 1. The Bertz CT molecular complexity index is 1080. The molecule has 2 aromatic carbocycles. The minimum Gasteiger partial charge on any atom is -0.480 e. The second kappa shape index (κ2) is 7.79. The van der Waals surface area contributed by atoms with E-state index in [0.717, 1.165) is 24.8 Å². The Morgan fingerprint density at radius 2 is 1.90 bits per heavy atom. The maximum absolute atomic E-state index is 12.5. The number of rotatable bonds is 5. The van der Waals surface area contributed by atoms with Gasteiger partial charge in [-0.05, 0) is 37.0 Å². The molecule has 1 amide bonds. The summed E-state index contributed by atoms with van der Waals surface area (Å²) in [5, 5.41) is 12.7. The smallest absolute Gasteiger partial charge is 0.417 e. The summed E-state index contributed by atoms with van der Waals surface area (Å²) in [6, 6.07) is 14.2. The van der Waals surface area contributed by atoms with E-state index in [2.05, 4.69) is 10.3 Å². The van der Waals surface area contributed by atoms with Crippen molar-refractivity contribution in [3.63, 3.8) is 0 Å². The number of carboxylic acids is 1. The first-order chi connectivity index (χ1) is 14.1. The van der Waals surface area contributed by atoms with Crippen molar-refractivity contribution in [1.82, 2.24) is 4.98 Å². The fraction of sp³-hybridized carbons (Fsp3) is 0.227. The number of carbonyl (C=O) groups is 2. The van der Waals surface area contributed by atoms with E-state index in [1.54, 1.807) is 12.1 Å². The molecule has 1 aromatic heterocycles. The van der Waals surface area contributed by atoms with Gasteiger partial charge in [-0.3, -0.25) is 5.32 Å². The summed E-state index contributed by atoms with van der Waals surface area (Å²) in [6.45, 7) is 0. The van der Waals surface area contributed by atoms with Crippen LogP contribution in [0.3, 0.4) is 0 Å². The molecule has 2 N–H and O–H groups in total. The molecule has 1 heterocycles. The second-order valence-electron chi connectivity index (χ2n) is 6.91. The number of benzene rings is 2. The molecule has 0 aliphatic heterocycles. The number of ether oxygens (including phenoxy) is 2. The number of para-hydroxylation sites is 1. The van der Waals surface area contributed by atoms with Gasteiger partial charge in [0, 0.05) is 16.6 Å². The molecule has 0 saturated heterocycles. The van der Waals surface area contributed by atoms with Crippen molar-refractivity contribution in [2.24, 2.45) is 0 Å². The van der Waals surface area contributed by atoms with Gasteiger partial charge in [-0.15, -0.1) is 0 Å². The van der Waals surface area contributed by atoms with Crippen molar-refractivity contribution < 1.29 is 24.2 Å². The van der Waals surface area contributed by atoms with Gasteiger partial charge in [-0.25, -0.2) is 14.6 Å². The fourth-order valence-corrected chi connectivity index (χ4v) is 3.43. The van der Waals surface area contributed by atoms with E-state index in [0.29, 0.717) is 22.3 Å². The number of methoxy groups -OCH3 is 1. The van der Waals surface area contributed by atoms with E-state index >= 15 is 0 Å². The molecule has 7 nitrogen and oxygen atoms in total. The van der Waals surface area contributed by atoms with Crippen LogP contribution in [0.5, 0.6) is 11.6 Å². The van der Waals surface area contributed by atoms with Crippen molar-refractivity contribution in [2.75, 3.05) is 12.4 Å². The number of aromatic carboxylic acids is 1. The highest BCUT2D eigenvalue weighted by Gasteiger charge is 2.27. The molecular formula is C22H20N2O5. The molecule has 4 rings (SSSR count). The molecule has 1 aliphatic rings. The van der Waals surface area contributed by atoms with E-state index in [1.807, 2.05) is 30.3 Å². The van der Waals surface area contributed by atoms with Gasteiger partial charge in [0.05, 0.1) is 7.11 Å².